The lowest BCUT2D eigenvalue weighted by Gasteiger charge is -1.90. The van der Waals surface area contributed by atoms with Crippen molar-refractivity contribution < 1.29 is 9.36 Å². The van der Waals surface area contributed by atoms with Crippen molar-refractivity contribution in [1.82, 2.24) is 0 Å². The van der Waals surface area contributed by atoms with Gasteiger partial charge in [-0.05, 0) is 5.56 Å². The molecule has 2 aromatic rings. The summed E-state index contributed by atoms with van der Waals surface area (Å²) in [6.07, 6.45) is 6.57. The molecule has 0 bridgehead atoms. The minimum Gasteiger partial charge on any atom is -0.298 e. The third-order valence-electron chi connectivity index (χ3n) is 2.17. The molecule has 0 amide bonds. The largest absolute Gasteiger partial charge is 0.298 e. The molecule has 0 aliphatic rings. The molecule has 1 aromatic heterocycles. The van der Waals surface area contributed by atoms with Crippen molar-refractivity contribution in [2.75, 3.05) is 0 Å². The lowest BCUT2D eigenvalue weighted by molar-refractivity contribution is -0.671. The van der Waals surface area contributed by atoms with Crippen LogP contribution in [0.2, 0.25) is 0 Å². The molecule has 0 saturated carbocycles. The lowest BCUT2D eigenvalue weighted by atomic mass is 10.1. The summed E-state index contributed by atoms with van der Waals surface area (Å²) in [4.78, 5) is 10.2. The van der Waals surface area contributed by atoms with Gasteiger partial charge in [0.15, 0.2) is 12.4 Å². The normalized spacial score (nSPS) is 8.76. The minimum absolute atomic E-state index is 0.700. The fourth-order valence-corrected chi connectivity index (χ4v) is 1.20. The number of nitrogens with zero attached hydrogens (tertiary/aromatic N) is 1. The van der Waals surface area contributed by atoms with E-state index in [-0.39, 0.29) is 0 Å². The summed E-state index contributed by atoms with van der Waals surface area (Å²) in [5.74, 6) is 0. The monoisotopic (exact) mass is 226 g/mol. The van der Waals surface area contributed by atoms with Gasteiger partial charge in [0.1, 0.15) is 13.3 Å². The topological polar surface area (TPSA) is 20.9 Å². The Morgan fingerprint density at radius 1 is 1.00 bits per heavy atom. The van der Waals surface area contributed by atoms with Crippen molar-refractivity contribution in [3.05, 3.63) is 72.6 Å². The van der Waals surface area contributed by atoms with Crippen LogP contribution >= 0.6 is 0 Å². The Hall–Kier alpha value is -2.22. The van der Waals surface area contributed by atoms with Gasteiger partial charge in [-0.3, -0.25) is 4.79 Å². The van der Waals surface area contributed by atoms with Gasteiger partial charge in [-0.25, -0.2) is 4.57 Å². The van der Waals surface area contributed by atoms with Crippen LogP contribution in [0, 0.1) is 0 Å². The zero-order chi connectivity index (χ0) is 12.5. The Morgan fingerprint density at radius 3 is 1.88 bits per heavy atom. The molecule has 0 atom stereocenters. The molecule has 2 nitrogen and oxygen atoms in total. The second kappa shape index (κ2) is 7.12. The Morgan fingerprint density at radius 2 is 1.53 bits per heavy atom. The molecule has 2 rings (SSSR count). The van der Waals surface area contributed by atoms with Crippen molar-refractivity contribution in [3.63, 3.8) is 0 Å². The summed E-state index contributed by atoms with van der Waals surface area (Å²) in [6, 6.07) is 13.3. The van der Waals surface area contributed by atoms with Gasteiger partial charge in [-0.1, -0.05) is 43.0 Å². The van der Waals surface area contributed by atoms with Crippen molar-refractivity contribution in [3.8, 4) is 0 Å². The van der Waals surface area contributed by atoms with E-state index in [2.05, 4.69) is 6.58 Å². The number of hydrogen-bond acceptors (Lipinski definition) is 1. The number of rotatable bonds is 2. The van der Waals surface area contributed by atoms with Crippen LogP contribution in [0.1, 0.15) is 15.9 Å². The molecule has 1 aromatic carbocycles. The van der Waals surface area contributed by atoms with Crippen molar-refractivity contribution in [2.24, 2.45) is 7.05 Å². The van der Waals surface area contributed by atoms with Crippen molar-refractivity contribution in [1.29, 1.82) is 0 Å². The number of aryl methyl sites for hydroxylation is 1. The molecule has 0 fully saturated rings. The molecule has 0 spiro atoms. The van der Waals surface area contributed by atoms with Crippen LogP contribution in [-0.4, -0.2) is 6.29 Å². The van der Waals surface area contributed by atoms with Gasteiger partial charge >= 0.3 is 0 Å². The number of pyridine rings is 1. The average molecular weight is 226 g/mol. The Bertz CT molecular complexity index is 433. The van der Waals surface area contributed by atoms with Crippen LogP contribution < -0.4 is 4.57 Å². The van der Waals surface area contributed by atoms with E-state index in [4.69, 9.17) is 0 Å². The highest BCUT2D eigenvalue weighted by Gasteiger charge is 1.86. The van der Waals surface area contributed by atoms with Gasteiger partial charge < -0.3 is 0 Å². The number of carbonyl (C=O) groups excluding carboxylic acids is 1. The highest BCUT2D eigenvalue weighted by Crippen LogP contribution is 2.02. The standard InChI is InChI=1S/C9H8O.C6H8N/c1-2-8-3-5-9(7-10)6-4-8;1-7-5-3-2-4-6-7/h2-7H,1H2;2-6H,1H3/q;+1. The molecule has 1 heterocycles. The molecular formula is C15H16NO+. The Balaban J connectivity index is 0.000000181. The average Bonchev–Trinajstić information content (AvgIpc) is 2.40. The summed E-state index contributed by atoms with van der Waals surface area (Å²) in [5, 5.41) is 0. The van der Waals surface area contributed by atoms with Gasteiger partial charge in [0.2, 0.25) is 0 Å². The molecule has 17 heavy (non-hydrogen) atoms. The first-order chi connectivity index (χ1) is 8.26. The van der Waals surface area contributed by atoms with Gasteiger partial charge in [-0.15, -0.1) is 0 Å². The van der Waals surface area contributed by atoms with Gasteiger partial charge in [0, 0.05) is 17.7 Å². The van der Waals surface area contributed by atoms with Crippen LogP contribution in [0.15, 0.2) is 61.4 Å². The van der Waals surface area contributed by atoms with E-state index in [1.807, 2.05) is 54.3 Å². The summed E-state index contributed by atoms with van der Waals surface area (Å²) in [7, 11) is 2.00. The Labute approximate surface area is 102 Å². The quantitative estimate of drug-likeness (QED) is 0.569. The van der Waals surface area contributed by atoms with Crippen LogP contribution in [0.3, 0.4) is 0 Å². The zero-order valence-corrected chi connectivity index (χ0v) is 9.91. The zero-order valence-electron chi connectivity index (χ0n) is 9.91. The molecule has 0 radical (unpaired) electrons. The second-order valence-electron chi connectivity index (χ2n) is 3.53. The molecule has 0 N–H and O–H groups in total. The highest BCUT2D eigenvalue weighted by molar-refractivity contribution is 5.75. The number of hydrogen-bond donors (Lipinski definition) is 0. The maximum atomic E-state index is 10.2. The first-order valence-corrected chi connectivity index (χ1v) is 5.34. The smallest absolute Gasteiger partial charge is 0.168 e. The number of benzene rings is 1. The second-order valence-corrected chi connectivity index (χ2v) is 3.53. The van der Waals surface area contributed by atoms with Crippen LogP contribution in [0.25, 0.3) is 6.08 Å². The van der Waals surface area contributed by atoms with E-state index in [1.54, 1.807) is 18.2 Å². The molecule has 0 unspecified atom stereocenters. The lowest BCUT2D eigenvalue weighted by Crippen LogP contribution is -2.25. The van der Waals surface area contributed by atoms with E-state index in [1.165, 1.54) is 0 Å². The number of aldehydes is 1. The predicted octanol–water partition coefficient (Wildman–Crippen LogP) is 2.65. The molecule has 2 heteroatoms. The number of aromatic nitrogens is 1. The highest BCUT2D eigenvalue weighted by atomic mass is 16.1. The van der Waals surface area contributed by atoms with E-state index < -0.39 is 0 Å². The van der Waals surface area contributed by atoms with E-state index in [9.17, 15) is 4.79 Å². The summed E-state index contributed by atoms with van der Waals surface area (Å²) >= 11 is 0. The SMILES string of the molecule is C=Cc1ccc(C=O)cc1.C[n+]1ccccc1. The van der Waals surface area contributed by atoms with Crippen LogP contribution in [-0.2, 0) is 7.05 Å². The van der Waals surface area contributed by atoms with Gasteiger partial charge in [-0.2, -0.15) is 0 Å². The third-order valence-corrected chi connectivity index (χ3v) is 2.17. The van der Waals surface area contributed by atoms with Gasteiger partial charge in [0.25, 0.3) is 0 Å². The minimum atomic E-state index is 0.700. The molecule has 0 saturated heterocycles. The van der Waals surface area contributed by atoms with Crippen molar-refractivity contribution >= 4 is 12.4 Å². The predicted molar refractivity (Wildman–Crippen MR) is 69.5 cm³/mol. The first kappa shape index (κ1) is 12.8. The molecule has 86 valence electrons. The fraction of sp³-hybridized carbons (Fsp3) is 0.0667. The van der Waals surface area contributed by atoms with Crippen molar-refractivity contribution in [2.45, 2.75) is 0 Å². The fourth-order valence-electron chi connectivity index (χ4n) is 1.20. The molecule has 0 aliphatic carbocycles. The van der Waals surface area contributed by atoms with E-state index in [0.717, 1.165) is 11.8 Å². The first-order valence-electron chi connectivity index (χ1n) is 5.34. The van der Waals surface area contributed by atoms with Gasteiger partial charge in [0.05, 0.1) is 0 Å². The maximum absolute atomic E-state index is 10.2. The molecular weight excluding hydrogens is 210 g/mol. The molecule has 0 aliphatic heterocycles. The number of carbonyl (C=O) groups is 1. The van der Waals surface area contributed by atoms with Crippen LogP contribution in [0.5, 0.6) is 0 Å². The van der Waals surface area contributed by atoms with Crippen LogP contribution in [0.4, 0.5) is 0 Å². The summed E-state index contributed by atoms with van der Waals surface area (Å²) in [6.45, 7) is 3.60. The van der Waals surface area contributed by atoms with E-state index in [0.29, 0.717) is 5.56 Å². The maximum Gasteiger partial charge on any atom is 0.168 e. The van der Waals surface area contributed by atoms with E-state index >= 15 is 0 Å². The Kier molecular flexibility index (Phi) is 5.38. The summed E-state index contributed by atoms with van der Waals surface area (Å²) < 4.78 is 2.00. The summed E-state index contributed by atoms with van der Waals surface area (Å²) in [5.41, 5.74) is 1.73. The third kappa shape index (κ3) is 4.89.